The molecule has 30 heavy (non-hydrogen) atoms. The van der Waals surface area contributed by atoms with Crippen molar-refractivity contribution in [3.8, 4) is 5.69 Å². The fraction of sp³-hybridized carbons (Fsp3) is 0.278. The molecule has 0 spiro atoms. The number of nitrogens with zero attached hydrogens (tertiary/aromatic N) is 7. The molecule has 12 heteroatoms. The van der Waals surface area contributed by atoms with Gasteiger partial charge < -0.3 is 4.90 Å². The van der Waals surface area contributed by atoms with E-state index in [2.05, 4.69) is 15.5 Å². The Morgan fingerprint density at radius 1 is 1.03 bits per heavy atom. The molecule has 1 aromatic heterocycles. The molecule has 4 rings (SSSR count). The highest BCUT2D eigenvalue weighted by Gasteiger charge is 2.32. The fourth-order valence-electron chi connectivity index (χ4n) is 3.36. The molecular formula is C18H19N7O4S. The number of benzene rings is 2. The summed E-state index contributed by atoms with van der Waals surface area (Å²) < 4.78 is 29.2. The van der Waals surface area contributed by atoms with E-state index in [9.17, 15) is 18.5 Å². The molecule has 2 heterocycles. The zero-order chi connectivity index (χ0) is 21.3. The normalized spacial score (nSPS) is 15.3. The Bertz CT molecular complexity index is 1170. The molecule has 0 bridgehead atoms. The molecular weight excluding hydrogens is 410 g/mol. The number of piperazine rings is 1. The lowest BCUT2D eigenvalue weighted by Crippen LogP contribution is -2.49. The predicted molar refractivity (Wildman–Crippen MR) is 108 cm³/mol. The summed E-state index contributed by atoms with van der Waals surface area (Å²) in [5, 5.41) is 22.9. The lowest BCUT2D eigenvalue weighted by molar-refractivity contribution is -0.385. The number of hydrogen-bond acceptors (Lipinski definition) is 8. The minimum absolute atomic E-state index is 0.0423. The van der Waals surface area contributed by atoms with Crippen molar-refractivity contribution in [1.29, 1.82) is 0 Å². The van der Waals surface area contributed by atoms with Gasteiger partial charge in [-0.05, 0) is 35.0 Å². The van der Waals surface area contributed by atoms with E-state index in [0.717, 1.165) is 11.8 Å². The van der Waals surface area contributed by atoms with Crippen LogP contribution in [0.3, 0.4) is 0 Å². The summed E-state index contributed by atoms with van der Waals surface area (Å²) in [4.78, 5) is 12.3. The number of sulfonamides is 1. The van der Waals surface area contributed by atoms with Crippen LogP contribution >= 0.6 is 0 Å². The Morgan fingerprint density at radius 3 is 2.40 bits per heavy atom. The van der Waals surface area contributed by atoms with Gasteiger partial charge in [-0.3, -0.25) is 10.1 Å². The zero-order valence-corrected chi connectivity index (χ0v) is 16.9. The molecule has 1 aliphatic heterocycles. The predicted octanol–water partition coefficient (Wildman–Crippen LogP) is 1.39. The summed E-state index contributed by atoms with van der Waals surface area (Å²) in [5.41, 5.74) is 1.02. The summed E-state index contributed by atoms with van der Waals surface area (Å²) in [6.45, 7) is 2.83. The molecule has 1 fully saturated rings. The average molecular weight is 429 g/mol. The van der Waals surface area contributed by atoms with Crippen LogP contribution in [0.1, 0.15) is 5.56 Å². The number of rotatable bonds is 5. The second kappa shape index (κ2) is 7.80. The summed E-state index contributed by atoms with van der Waals surface area (Å²) in [6.07, 6.45) is 0. The summed E-state index contributed by atoms with van der Waals surface area (Å²) in [5.74, 6) is 0.532. The van der Waals surface area contributed by atoms with Gasteiger partial charge >= 0.3 is 0 Å². The highest BCUT2D eigenvalue weighted by atomic mass is 32.2. The number of aryl methyl sites for hydroxylation is 1. The van der Waals surface area contributed by atoms with Gasteiger partial charge in [-0.25, -0.2) is 8.42 Å². The minimum Gasteiger partial charge on any atom is -0.337 e. The maximum Gasteiger partial charge on any atom is 0.270 e. The van der Waals surface area contributed by atoms with Crippen LogP contribution in [0.2, 0.25) is 0 Å². The van der Waals surface area contributed by atoms with Crippen LogP contribution in [0.15, 0.2) is 53.4 Å². The topological polar surface area (TPSA) is 127 Å². The number of tetrazole rings is 1. The average Bonchev–Trinajstić information content (AvgIpc) is 3.24. The smallest absolute Gasteiger partial charge is 0.270 e. The van der Waals surface area contributed by atoms with Crippen molar-refractivity contribution in [3.63, 3.8) is 0 Å². The first-order valence-electron chi connectivity index (χ1n) is 9.22. The number of aromatic nitrogens is 4. The van der Waals surface area contributed by atoms with E-state index in [1.54, 1.807) is 11.6 Å². The molecule has 0 atom stereocenters. The third-order valence-electron chi connectivity index (χ3n) is 4.98. The maximum atomic E-state index is 13.1. The molecule has 0 saturated carbocycles. The van der Waals surface area contributed by atoms with Gasteiger partial charge in [0.05, 0.1) is 15.5 Å². The number of non-ortho nitro benzene ring substituents is 1. The lowest BCUT2D eigenvalue weighted by atomic mass is 10.2. The van der Waals surface area contributed by atoms with Gasteiger partial charge in [-0.2, -0.15) is 8.99 Å². The fourth-order valence-corrected chi connectivity index (χ4v) is 5.03. The van der Waals surface area contributed by atoms with E-state index in [1.807, 2.05) is 35.2 Å². The van der Waals surface area contributed by atoms with E-state index < -0.39 is 14.9 Å². The van der Waals surface area contributed by atoms with Crippen LogP contribution in [0.5, 0.6) is 0 Å². The van der Waals surface area contributed by atoms with Gasteiger partial charge in [0.15, 0.2) is 0 Å². The Labute approximate surface area is 172 Å². The summed E-state index contributed by atoms with van der Waals surface area (Å²) in [6, 6.07) is 13.3. The lowest BCUT2D eigenvalue weighted by Gasteiger charge is -2.34. The van der Waals surface area contributed by atoms with Crippen molar-refractivity contribution in [3.05, 3.63) is 64.2 Å². The molecule has 0 amide bonds. The van der Waals surface area contributed by atoms with Crippen LogP contribution in [-0.2, 0) is 10.0 Å². The zero-order valence-electron chi connectivity index (χ0n) is 16.1. The number of anilines is 1. The molecule has 0 N–H and O–H groups in total. The first-order chi connectivity index (χ1) is 14.4. The largest absolute Gasteiger partial charge is 0.337 e. The third-order valence-corrected chi connectivity index (χ3v) is 7.02. The molecule has 2 aromatic carbocycles. The SMILES string of the molecule is Cc1ccc([N+](=O)[O-])cc1S(=O)(=O)N1CCN(c2nnnn2-c2ccccc2)CC1. The van der Waals surface area contributed by atoms with Crippen molar-refractivity contribution in [2.45, 2.75) is 11.8 Å². The van der Waals surface area contributed by atoms with Crippen molar-refractivity contribution in [2.24, 2.45) is 0 Å². The molecule has 1 saturated heterocycles. The number of nitro benzene ring substituents is 1. The van der Waals surface area contributed by atoms with Gasteiger partial charge in [0, 0.05) is 38.3 Å². The standard InChI is InChI=1S/C18H19N7O4S/c1-14-7-8-16(25(26)27)13-17(14)30(28,29)23-11-9-22(10-12-23)18-19-20-21-24(18)15-5-3-2-4-6-15/h2-8,13H,9-12H2,1H3. The van der Waals surface area contributed by atoms with Gasteiger partial charge in [-0.15, -0.1) is 0 Å². The first-order valence-corrected chi connectivity index (χ1v) is 10.7. The molecule has 0 unspecified atom stereocenters. The Balaban J connectivity index is 1.54. The van der Waals surface area contributed by atoms with E-state index in [-0.39, 0.29) is 23.7 Å². The van der Waals surface area contributed by atoms with Gasteiger partial charge in [0.25, 0.3) is 5.69 Å². The highest BCUT2D eigenvalue weighted by molar-refractivity contribution is 7.89. The van der Waals surface area contributed by atoms with Crippen LogP contribution in [0, 0.1) is 17.0 Å². The van der Waals surface area contributed by atoms with Crippen LogP contribution < -0.4 is 4.90 Å². The molecule has 3 aromatic rings. The van der Waals surface area contributed by atoms with E-state index in [1.165, 1.54) is 16.4 Å². The quantitative estimate of drug-likeness (QED) is 0.440. The van der Waals surface area contributed by atoms with Gasteiger partial charge in [-0.1, -0.05) is 29.4 Å². The monoisotopic (exact) mass is 429 g/mol. The van der Waals surface area contributed by atoms with E-state index in [4.69, 9.17) is 0 Å². The van der Waals surface area contributed by atoms with E-state index in [0.29, 0.717) is 24.6 Å². The molecule has 0 aliphatic carbocycles. The molecule has 156 valence electrons. The minimum atomic E-state index is -3.86. The van der Waals surface area contributed by atoms with Crippen LogP contribution in [0.4, 0.5) is 11.6 Å². The number of nitro groups is 1. The summed E-state index contributed by atoms with van der Waals surface area (Å²) in [7, 11) is -3.86. The summed E-state index contributed by atoms with van der Waals surface area (Å²) >= 11 is 0. The van der Waals surface area contributed by atoms with Gasteiger partial charge in [0.1, 0.15) is 0 Å². The molecule has 11 nitrogen and oxygen atoms in total. The van der Waals surface area contributed by atoms with E-state index >= 15 is 0 Å². The second-order valence-electron chi connectivity index (χ2n) is 6.82. The number of hydrogen-bond donors (Lipinski definition) is 0. The third kappa shape index (κ3) is 3.62. The maximum absolute atomic E-state index is 13.1. The second-order valence-corrected chi connectivity index (χ2v) is 8.73. The van der Waals surface area contributed by atoms with Crippen molar-refractivity contribution in [1.82, 2.24) is 24.5 Å². The highest BCUT2D eigenvalue weighted by Crippen LogP contribution is 2.26. The van der Waals surface area contributed by atoms with Crippen molar-refractivity contribution >= 4 is 21.7 Å². The van der Waals surface area contributed by atoms with Crippen molar-refractivity contribution in [2.75, 3.05) is 31.1 Å². The number of para-hydroxylation sites is 1. The molecule has 1 aliphatic rings. The van der Waals surface area contributed by atoms with Crippen LogP contribution in [0.25, 0.3) is 5.69 Å². The first kappa shape index (κ1) is 19.9. The van der Waals surface area contributed by atoms with Gasteiger partial charge in [0.2, 0.25) is 16.0 Å². The Morgan fingerprint density at radius 2 is 1.73 bits per heavy atom. The molecule has 0 radical (unpaired) electrons. The Kier molecular flexibility index (Phi) is 5.18. The van der Waals surface area contributed by atoms with Crippen LogP contribution in [-0.4, -0.2) is 64.0 Å². The Hall–Kier alpha value is -3.38. The van der Waals surface area contributed by atoms with Crippen molar-refractivity contribution < 1.29 is 13.3 Å².